The Hall–Kier alpha value is -2.20. The van der Waals surface area contributed by atoms with Crippen molar-refractivity contribution in [1.29, 1.82) is 0 Å². The van der Waals surface area contributed by atoms with Crippen LogP contribution in [0.2, 0.25) is 0 Å². The third kappa shape index (κ3) is 6.40. The van der Waals surface area contributed by atoms with Crippen LogP contribution >= 0.6 is 0 Å². The van der Waals surface area contributed by atoms with Crippen molar-refractivity contribution in [2.45, 2.75) is 45.1 Å². The maximum absolute atomic E-state index is 10.4. The minimum atomic E-state index is -0.600. The Morgan fingerprint density at radius 1 is 1.27 bits per heavy atom. The maximum Gasteiger partial charge on any atom is 0.124 e. The summed E-state index contributed by atoms with van der Waals surface area (Å²) >= 11 is 0. The molecule has 0 aliphatic carbocycles. The average Bonchev–Trinajstić information content (AvgIpc) is 3.13. The monoisotopic (exact) mass is 420 g/mol. The topological polar surface area (TPSA) is 104 Å². The Labute approximate surface area is 177 Å². The number of hydrogen-bond acceptors (Lipinski definition) is 9. The molecule has 3 rings (SSSR count). The van der Waals surface area contributed by atoms with Crippen molar-refractivity contribution in [3.05, 3.63) is 35.2 Å². The molecule has 1 atom stereocenters. The second kappa shape index (κ2) is 10.7. The molecule has 1 aromatic heterocycles. The van der Waals surface area contributed by atoms with E-state index in [0.717, 1.165) is 48.6 Å². The molecule has 1 aliphatic heterocycles. The standard InChI is InChI=1S/C21H32N4O5/c1-15-20(23-30-22-15)13-24(2)11-16-10-19(28-3)4-5-21(16)29-14-18(27)12-25-8-6-17(26)7-9-25/h4-5,10,17-18,26-27H,6-9,11-14H2,1-3H3/t18-/m1/s1. The lowest BCUT2D eigenvalue weighted by atomic mass is 10.1. The normalized spacial score (nSPS) is 16.7. The van der Waals surface area contributed by atoms with Crippen LogP contribution in [0.5, 0.6) is 11.5 Å². The van der Waals surface area contributed by atoms with Gasteiger partial charge < -0.3 is 24.6 Å². The molecule has 1 aliphatic rings. The van der Waals surface area contributed by atoms with Gasteiger partial charge in [0, 0.05) is 38.3 Å². The van der Waals surface area contributed by atoms with Crippen molar-refractivity contribution in [1.82, 2.24) is 20.1 Å². The highest BCUT2D eigenvalue weighted by atomic mass is 16.6. The van der Waals surface area contributed by atoms with Crippen LogP contribution in [0.15, 0.2) is 22.8 Å². The summed E-state index contributed by atoms with van der Waals surface area (Å²) in [6, 6.07) is 5.66. The van der Waals surface area contributed by atoms with Gasteiger partial charge in [0.2, 0.25) is 0 Å². The minimum Gasteiger partial charge on any atom is -0.497 e. The highest BCUT2D eigenvalue weighted by Crippen LogP contribution is 2.26. The molecule has 2 heterocycles. The number of ether oxygens (including phenoxy) is 2. The van der Waals surface area contributed by atoms with E-state index < -0.39 is 6.10 Å². The van der Waals surface area contributed by atoms with Gasteiger partial charge in [-0.2, -0.15) is 0 Å². The molecular formula is C21H32N4O5. The molecule has 0 radical (unpaired) electrons. The number of aliphatic hydroxyl groups excluding tert-OH is 2. The van der Waals surface area contributed by atoms with E-state index in [9.17, 15) is 10.2 Å². The van der Waals surface area contributed by atoms with Crippen molar-refractivity contribution in [2.24, 2.45) is 0 Å². The van der Waals surface area contributed by atoms with Crippen LogP contribution in [-0.2, 0) is 13.1 Å². The number of piperidine rings is 1. The molecule has 2 aromatic rings. The fourth-order valence-corrected chi connectivity index (χ4v) is 3.58. The molecular weight excluding hydrogens is 388 g/mol. The zero-order valence-corrected chi connectivity index (χ0v) is 18.0. The highest BCUT2D eigenvalue weighted by Gasteiger charge is 2.20. The zero-order chi connectivity index (χ0) is 21.5. The quantitative estimate of drug-likeness (QED) is 0.587. The van der Waals surface area contributed by atoms with Gasteiger partial charge in [0.1, 0.15) is 35.6 Å². The molecule has 0 bridgehead atoms. The molecule has 0 saturated carbocycles. The Kier molecular flexibility index (Phi) is 8.03. The Morgan fingerprint density at radius 3 is 2.70 bits per heavy atom. The number of methoxy groups -OCH3 is 1. The highest BCUT2D eigenvalue weighted by molar-refractivity contribution is 5.40. The fraction of sp³-hybridized carbons (Fsp3) is 0.619. The maximum atomic E-state index is 10.4. The van der Waals surface area contributed by atoms with E-state index in [1.807, 2.05) is 32.2 Å². The lowest BCUT2D eigenvalue weighted by Crippen LogP contribution is -2.41. The van der Waals surface area contributed by atoms with Gasteiger partial charge in [0.25, 0.3) is 0 Å². The molecule has 1 saturated heterocycles. The number of rotatable bonds is 10. The van der Waals surface area contributed by atoms with E-state index in [4.69, 9.17) is 14.1 Å². The number of β-amino-alcohol motifs (C(OH)–C–C–N with tert-alkyl or cyclic N) is 1. The summed E-state index contributed by atoms with van der Waals surface area (Å²) in [4.78, 5) is 4.25. The first-order chi connectivity index (χ1) is 14.4. The van der Waals surface area contributed by atoms with Crippen LogP contribution in [0.3, 0.4) is 0 Å². The van der Waals surface area contributed by atoms with Crippen LogP contribution in [0.25, 0.3) is 0 Å². The SMILES string of the molecule is COc1ccc(OC[C@H](O)CN2CCC(O)CC2)c(CN(C)Cc2nonc2C)c1. The summed E-state index contributed by atoms with van der Waals surface area (Å²) in [5.41, 5.74) is 2.53. The molecule has 0 unspecified atom stereocenters. The van der Waals surface area contributed by atoms with Crippen LogP contribution in [0, 0.1) is 6.92 Å². The number of aromatic nitrogens is 2. The number of hydrogen-bond donors (Lipinski definition) is 2. The van der Waals surface area contributed by atoms with Gasteiger partial charge >= 0.3 is 0 Å². The van der Waals surface area contributed by atoms with E-state index >= 15 is 0 Å². The minimum absolute atomic E-state index is 0.203. The van der Waals surface area contributed by atoms with E-state index in [0.29, 0.717) is 25.4 Å². The number of benzene rings is 1. The Balaban J connectivity index is 1.57. The summed E-state index contributed by atoms with van der Waals surface area (Å²) < 4.78 is 16.1. The predicted molar refractivity (Wildman–Crippen MR) is 110 cm³/mol. The predicted octanol–water partition coefficient (Wildman–Crippen LogP) is 1.22. The molecule has 0 amide bonds. The summed E-state index contributed by atoms with van der Waals surface area (Å²) in [5, 5.41) is 27.8. The molecule has 9 nitrogen and oxygen atoms in total. The average molecular weight is 421 g/mol. The van der Waals surface area contributed by atoms with Gasteiger partial charge in [-0.25, -0.2) is 4.63 Å². The molecule has 1 aromatic carbocycles. The van der Waals surface area contributed by atoms with Gasteiger partial charge in [0.15, 0.2) is 0 Å². The summed E-state index contributed by atoms with van der Waals surface area (Å²) in [7, 11) is 3.62. The molecule has 2 N–H and O–H groups in total. The molecule has 166 valence electrons. The van der Waals surface area contributed by atoms with Crippen molar-refractivity contribution in [3.63, 3.8) is 0 Å². The number of likely N-dealkylation sites (tertiary alicyclic amines) is 1. The van der Waals surface area contributed by atoms with Gasteiger partial charge in [-0.15, -0.1) is 0 Å². The molecule has 0 spiro atoms. The summed E-state index contributed by atoms with van der Waals surface area (Å²) in [6.45, 7) is 5.41. The second-order valence-electron chi connectivity index (χ2n) is 7.94. The summed E-state index contributed by atoms with van der Waals surface area (Å²) in [6.07, 6.45) is 0.689. The van der Waals surface area contributed by atoms with E-state index in [1.165, 1.54) is 0 Å². The summed E-state index contributed by atoms with van der Waals surface area (Å²) in [5.74, 6) is 1.46. The van der Waals surface area contributed by atoms with Crippen LogP contribution in [-0.4, -0.2) is 82.9 Å². The first-order valence-corrected chi connectivity index (χ1v) is 10.3. The van der Waals surface area contributed by atoms with Gasteiger partial charge in [-0.05, 0) is 45.0 Å². The molecule has 9 heteroatoms. The number of aryl methyl sites for hydroxylation is 1. The first-order valence-electron chi connectivity index (χ1n) is 10.3. The second-order valence-corrected chi connectivity index (χ2v) is 7.94. The number of aliphatic hydroxyl groups is 2. The van der Waals surface area contributed by atoms with Gasteiger partial charge in [-0.3, -0.25) is 4.90 Å². The van der Waals surface area contributed by atoms with Crippen molar-refractivity contribution in [3.8, 4) is 11.5 Å². The fourth-order valence-electron chi connectivity index (χ4n) is 3.58. The zero-order valence-electron chi connectivity index (χ0n) is 18.0. The van der Waals surface area contributed by atoms with E-state index in [-0.39, 0.29) is 12.7 Å². The Bertz CT molecular complexity index is 791. The third-order valence-electron chi connectivity index (χ3n) is 5.33. The molecule has 1 fully saturated rings. The van der Waals surface area contributed by atoms with Gasteiger partial charge in [-0.1, -0.05) is 10.3 Å². The molecule has 30 heavy (non-hydrogen) atoms. The van der Waals surface area contributed by atoms with Crippen molar-refractivity contribution < 1.29 is 24.3 Å². The van der Waals surface area contributed by atoms with Gasteiger partial charge in [0.05, 0.1) is 13.2 Å². The largest absolute Gasteiger partial charge is 0.497 e. The smallest absolute Gasteiger partial charge is 0.124 e. The van der Waals surface area contributed by atoms with Crippen molar-refractivity contribution >= 4 is 0 Å². The number of nitrogens with zero attached hydrogens (tertiary/aromatic N) is 4. The lowest BCUT2D eigenvalue weighted by Gasteiger charge is -2.31. The van der Waals surface area contributed by atoms with Crippen LogP contribution in [0.4, 0.5) is 0 Å². The van der Waals surface area contributed by atoms with E-state index in [2.05, 4.69) is 20.1 Å². The lowest BCUT2D eigenvalue weighted by molar-refractivity contribution is 0.0335. The van der Waals surface area contributed by atoms with E-state index in [1.54, 1.807) is 7.11 Å². The first kappa shape index (κ1) is 22.5. The van der Waals surface area contributed by atoms with Crippen molar-refractivity contribution in [2.75, 3.05) is 40.4 Å². The third-order valence-corrected chi connectivity index (χ3v) is 5.33. The Morgan fingerprint density at radius 2 is 2.03 bits per heavy atom. The van der Waals surface area contributed by atoms with Crippen LogP contribution in [0.1, 0.15) is 29.8 Å². The van der Waals surface area contributed by atoms with Crippen LogP contribution < -0.4 is 9.47 Å².